The minimum Gasteiger partial charge on any atom is -0.488 e. The molecule has 0 saturated carbocycles. The summed E-state index contributed by atoms with van der Waals surface area (Å²) in [5, 5.41) is 10.7. The molecule has 0 aromatic heterocycles. The number of para-hydroxylation sites is 1. The molecule has 0 fully saturated rings. The number of anilines is 1. The fourth-order valence-corrected chi connectivity index (χ4v) is 5.37. The summed E-state index contributed by atoms with van der Waals surface area (Å²) in [5.41, 5.74) is 4.71. The highest BCUT2D eigenvalue weighted by molar-refractivity contribution is 6.37. The maximum atomic E-state index is 14.0. The average molecular weight is 531 g/mol. The zero-order valence-corrected chi connectivity index (χ0v) is 22.3. The molecule has 0 aliphatic carbocycles. The van der Waals surface area contributed by atoms with E-state index in [-0.39, 0.29) is 5.91 Å². The van der Waals surface area contributed by atoms with Crippen LogP contribution in [0, 0.1) is 0 Å². The molecule has 196 valence electrons. The number of hydrazone groups is 1. The maximum absolute atomic E-state index is 14.0. The smallest absolute Gasteiger partial charge is 0.281 e. The van der Waals surface area contributed by atoms with Gasteiger partial charge in [-0.1, -0.05) is 121 Å². The molecule has 6 aromatic carbocycles. The Morgan fingerprint density at radius 3 is 2.05 bits per heavy atom. The summed E-state index contributed by atoms with van der Waals surface area (Å²) in [7, 11) is 0. The Morgan fingerprint density at radius 2 is 1.27 bits per heavy atom. The molecule has 1 amide bonds. The molecule has 1 heterocycles. The zero-order chi connectivity index (χ0) is 27.6. The van der Waals surface area contributed by atoms with Crippen LogP contribution in [-0.4, -0.2) is 11.6 Å². The van der Waals surface area contributed by atoms with Crippen LogP contribution in [-0.2, 0) is 11.4 Å². The molecule has 7 rings (SSSR count). The predicted molar refractivity (Wildman–Crippen MR) is 167 cm³/mol. The molecule has 1 aliphatic rings. The van der Waals surface area contributed by atoms with Gasteiger partial charge in [0.1, 0.15) is 18.1 Å². The lowest BCUT2D eigenvalue weighted by Crippen LogP contribution is -2.21. The van der Waals surface area contributed by atoms with Crippen LogP contribution < -0.4 is 9.75 Å². The number of carbonyl (C=O) groups excluding carboxylic acids is 1. The van der Waals surface area contributed by atoms with Gasteiger partial charge in [0.15, 0.2) is 0 Å². The van der Waals surface area contributed by atoms with E-state index in [9.17, 15) is 4.79 Å². The van der Waals surface area contributed by atoms with E-state index in [0.29, 0.717) is 23.6 Å². The van der Waals surface area contributed by atoms with Gasteiger partial charge < -0.3 is 4.74 Å². The Bertz CT molecular complexity index is 1950. The summed E-state index contributed by atoms with van der Waals surface area (Å²) < 4.78 is 6.53. The first kappa shape index (κ1) is 24.6. The molecule has 0 unspecified atom stereocenters. The van der Waals surface area contributed by atoms with Gasteiger partial charge >= 0.3 is 0 Å². The van der Waals surface area contributed by atoms with Gasteiger partial charge in [0.2, 0.25) is 0 Å². The Labute approximate surface area is 238 Å². The fourth-order valence-electron chi connectivity index (χ4n) is 5.37. The monoisotopic (exact) mass is 530 g/mol. The summed E-state index contributed by atoms with van der Waals surface area (Å²) in [5.74, 6) is 0.533. The van der Waals surface area contributed by atoms with Gasteiger partial charge in [0, 0.05) is 11.1 Å². The van der Waals surface area contributed by atoms with Crippen molar-refractivity contribution in [2.24, 2.45) is 5.10 Å². The van der Waals surface area contributed by atoms with Gasteiger partial charge in [-0.15, -0.1) is 0 Å². The topological polar surface area (TPSA) is 41.9 Å². The first-order chi connectivity index (χ1) is 20.3. The third-order valence-electron chi connectivity index (χ3n) is 7.41. The van der Waals surface area contributed by atoms with Crippen molar-refractivity contribution in [3.63, 3.8) is 0 Å². The fraction of sp³-hybridized carbons (Fsp3) is 0.0270. The number of hydrogen-bond donors (Lipinski definition) is 0. The van der Waals surface area contributed by atoms with E-state index in [1.165, 1.54) is 15.8 Å². The highest BCUT2D eigenvalue weighted by atomic mass is 16.5. The van der Waals surface area contributed by atoms with Gasteiger partial charge in [-0.2, -0.15) is 10.1 Å². The number of hydrogen-bond acceptors (Lipinski definition) is 3. The number of fused-ring (bicyclic) bond motifs is 2. The number of rotatable bonds is 6. The second-order valence-electron chi connectivity index (χ2n) is 9.95. The predicted octanol–water partition coefficient (Wildman–Crippen LogP) is 8.41. The van der Waals surface area contributed by atoms with Crippen LogP contribution >= 0.6 is 0 Å². The molecule has 41 heavy (non-hydrogen) atoms. The Kier molecular flexibility index (Phi) is 6.34. The lowest BCUT2D eigenvalue weighted by Gasteiger charge is -2.15. The lowest BCUT2D eigenvalue weighted by molar-refractivity contribution is -0.114. The molecule has 1 aliphatic heterocycles. The average Bonchev–Trinajstić information content (AvgIpc) is 3.37. The molecule has 4 heteroatoms. The van der Waals surface area contributed by atoms with E-state index in [1.807, 2.05) is 97.1 Å². The molecule has 0 atom stereocenters. The summed E-state index contributed by atoms with van der Waals surface area (Å²) in [6.45, 7) is 0.402. The van der Waals surface area contributed by atoms with E-state index < -0.39 is 0 Å². The third kappa shape index (κ3) is 4.66. The molecule has 0 saturated heterocycles. The van der Waals surface area contributed by atoms with Gasteiger partial charge in [-0.05, 0) is 51.4 Å². The van der Waals surface area contributed by atoms with E-state index in [1.54, 1.807) is 0 Å². The Balaban J connectivity index is 1.35. The molecule has 0 spiro atoms. The van der Waals surface area contributed by atoms with Crippen molar-refractivity contribution >= 4 is 44.9 Å². The molecular formula is C37H26N2O2. The second kappa shape index (κ2) is 10.6. The van der Waals surface area contributed by atoms with Crippen molar-refractivity contribution in [2.75, 3.05) is 5.01 Å². The van der Waals surface area contributed by atoms with Gasteiger partial charge in [-0.3, -0.25) is 4.79 Å². The maximum Gasteiger partial charge on any atom is 0.281 e. The third-order valence-corrected chi connectivity index (χ3v) is 7.41. The number of carbonyl (C=O) groups is 1. The zero-order valence-electron chi connectivity index (χ0n) is 22.3. The van der Waals surface area contributed by atoms with E-state index in [0.717, 1.165) is 33.2 Å². The normalized spacial score (nSPS) is 14.1. The number of benzene rings is 6. The van der Waals surface area contributed by atoms with Crippen LogP contribution in [0.25, 0.3) is 27.6 Å². The quantitative estimate of drug-likeness (QED) is 0.203. The van der Waals surface area contributed by atoms with E-state index >= 15 is 0 Å². The molecule has 6 aromatic rings. The Morgan fingerprint density at radius 1 is 0.634 bits per heavy atom. The van der Waals surface area contributed by atoms with Gasteiger partial charge in [0.25, 0.3) is 5.91 Å². The highest BCUT2D eigenvalue weighted by Gasteiger charge is 2.32. The van der Waals surface area contributed by atoms with Crippen LogP contribution in [0.3, 0.4) is 0 Å². The van der Waals surface area contributed by atoms with Crippen LogP contribution in [0.15, 0.2) is 150 Å². The van der Waals surface area contributed by atoms with Gasteiger partial charge in [-0.25, -0.2) is 0 Å². The Hall–Kier alpha value is -5.48. The summed E-state index contributed by atoms with van der Waals surface area (Å²) in [4.78, 5) is 14.0. The molecular weight excluding hydrogens is 504 g/mol. The minimum atomic E-state index is -0.178. The SMILES string of the molecule is O=C1/C(=C\c2c(OCc3cccc4ccccc34)ccc3ccccc23)C(c2ccccc2)=NN1c1ccccc1. The van der Waals surface area contributed by atoms with Crippen LogP contribution in [0.1, 0.15) is 16.7 Å². The number of nitrogens with zero attached hydrogens (tertiary/aromatic N) is 2. The van der Waals surface area contributed by atoms with Crippen LogP contribution in [0.4, 0.5) is 5.69 Å². The minimum absolute atomic E-state index is 0.178. The second-order valence-corrected chi connectivity index (χ2v) is 9.95. The van der Waals surface area contributed by atoms with Crippen molar-refractivity contribution in [1.82, 2.24) is 0 Å². The highest BCUT2D eigenvalue weighted by Crippen LogP contribution is 2.34. The largest absolute Gasteiger partial charge is 0.488 e. The molecule has 4 nitrogen and oxygen atoms in total. The van der Waals surface area contributed by atoms with Crippen molar-refractivity contribution in [1.29, 1.82) is 0 Å². The molecule has 0 radical (unpaired) electrons. The van der Waals surface area contributed by atoms with Crippen LogP contribution in [0.5, 0.6) is 5.75 Å². The number of amides is 1. The lowest BCUT2D eigenvalue weighted by atomic mass is 9.97. The summed E-state index contributed by atoms with van der Waals surface area (Å²) >= 11 is 0. The molecule has 0 bridgehead atoms. The van der Waals surface area contributed by atoms with E-state index in [2.05, 4.69) is 48.5 Å². The molecule has 0 N–H and O–H groups in total. The first-order valence-corrected chi connectivity index (χ1v) is 13.6. The van der Waals surface area contributed by atoms with Crippen LogP contribution in [0.2, 0.25) is 0 Å². The standard InChI is InChI=1S/C37H26N2O2/c40-37-34(36(28-14-3-1-4-15-28)38-39(37)30-18-5-2-6-19-30)24-33-32-21-10-8-13-27(32)22-23-35(33)41-25-29-17-11-16-26-12-7-9-20-31(26)29/h1-24H,25H2/b34-24-. The van der Waals surface area contributed by atoms with Crippen molar-refractivity contribution in [2.45, 2.75) is 6.61 Å². The summed E-state index contributed by atoms with van der Waals surface area (Å²) in [6.07, 6.45) is 1.94. The first-order valence-electron chi connectivity index (χ1n) is 13.6. The van der Waals surface area contributed by atoms with Crippen molar-refractivity contribution in [3.8, 4) is 5.75 Å². The van der Waals surface area contributed by atoms with Gasteiger partial charge in [0.05, 0.1) is 11.3 Å². The van der Waals surface area contributed by atoms with Crippen molar-refractivity contribution < 1.29 is 9.53 Å². The van der Waals surface area contributed by atoms with E-state index in [4.69, 9.17) is 9.84 Å². The number of ether oxygens (including phenoxy) is 1. The van der Waals surface area contributed by atoms with Crippen molar-refractivity contribution in [3.05, 3.63) is 162 Å². The summed E-state index contributed by atoms with van der Waals surface area (Å²) in [6, 6.07) is 46.2.